The molecule has 1 aromatic heterocycles. The van der Waals surface area contributed by atoms with Crippen molar-refractivity contribution in [3.63, 3.8) is 0 Å². The molecule has 1 N–H and O–H groups in total. The minimum absolute atomic E-state index is 0.00595. The van der Waals surface area contributed by atoms with Gasteiger partial charge in [-0.25, -0.2) is 0 Å². The van der Waals surface area contributed by atoms with E-state index in [4.69, 9.17) is 4.74 Å². The highest BCUT2D eigenvalue weighted by molar-refractivity contribution is 5.93. The Morgan fingerprint density at radius 3 is 2.61 bits per heavy atom. The highest BCUT2D eigenvalue weighted by Crippen LogP contribution is 2.30. The van der Waals surface area contributed by atoms with E-state index in [1.807, 2.05) is 0 Å². The quantitative estimate of drug-likeness (QED) is 0.795. The van der Waals surface area contributed by atoms with Crippen molar-refractivity contribution in [3.05, 3.63) is 11.4 Å². The van der Waals surface area contributed by atoms with Crippen LogP contribution in [-0.4, -0.2) is 58.4 Å². The summed E-state index contributed by atoms with van der Waals surface area (Å²) in [4.78, 5) is 13.9. The average Bonchev–Trinajstić information content (AvgIpc) is 2.76. The molecule has 0 bridgehead atoms. The van der Waals surface area contributed by atoms with E-state index < -0.39 is 0 Å². The molecule has 0 radical (unpaired) electrons. The van der Waals surface area contributed by atoms with Crippen molar-refractivity contribution in [2.45, 2.75) is 31.7 Å². The molecule has 0 aliphatic carbocycles. The lowest BCUT2D eigenvalue weighted by Gasteiger charge is -2.41. The van der Waals surface area contributed by atoms with Crippen molar-refractivity contribution in [1.82, 2.24) is 20.3 Å². The topological polar surface area (TPSA) is 71.1 Å². The summed E-state index contributed by atoms with van der Waals surface area (Å²) in [5.41, 5.74) is 1.37. The van der Waals surface area contributed by atoms with Gasteiger partial charge in [-0.15, -0.1) is 0 Å². The molecule has 1 aromatic rings. The third-order valence-electron chi connectivity index (χ3n) is 3.96. The number of rotatable bonds is 3. The van der Waals surface area contributed by atoms with E-state index in [2.05, 4.69) is 20.3 Å². The SMILES string of the molecule is CC(=O)c1n[nH]nc1C1CCN(C2COC2)CC1. The summed E-state index contributed by atoms with van der Waals surface area (Å²) in [6.45, 7) is 5.40. The van der Waals surface area contributed by atoms with Gasteiger partial charge < -0.3 is 4.74 Å². The first-order valence-electron chi connectivity index (χ1n) is 6.49. The summed E-state index contributed by atoms with van der Waals surface area (Å²) in [5, 5.41) is 10.7. The monoisotopic (exact) mass is 250 g/mol. The van der Waals surface area contributed by atoms with E-state index in [-0.39, 0.29) is 5.78 Å². The van der Waals surface area contributed by atoms with E-state index >= 15 is 0 Å². The van der Waals surface area contributed by atoms with E-state index in [9.17, 15) is 4.79 Å². The maximum absolute atomic E-state index is 11.4. The lowest BCUT2D eigenvalue weighted by atomic mass is 9.91. The molecule has 2 aliphatic heterocycles. The van der Waals surface area contributed by atoms with Crippen LogP contribution in [0.2, 0.25) is 0 Å². The number of carbonyl (C=O) groups is 1. The number of nitrogens with zero attached hydrogens (tertiary/aromatic N) is 3. The standard InChI is InChI=1S/C12H18N4O2/c1-8(17)11-12(14-15-13-11)9-2-4-16(5-3-9)10-6-18-7-10/h9-10H,2-7H2,1H3,(H,13,14,15). The Morgan fingerprint density at radius 1 is 1.33 bits per heavy atom. The zero-order valence-electron chi connectivity index (χ0n) is 10.6. The van der Waals surface area contributed by atoms with Crippen LogP contribution in [0.3, 0.4) is 0 Å². The maximum Gasteiger partial charge on any atom is 0.181 e. The predicted octanol–water partition coefficient (Wildman–Crippen LogP) is 0.585. The van der Waals surface area contributed by atoms with E-state index in [1.54, 1.807) is 6.92 Å². The lowest BCUT2D eigenvalue weighted by molar-refractivity contribution is -0.0713. The fraction of sp³-hybridized carbons (Fsp3) is 0.750. The Bertz CT molecular complexity index is 433. The van der Waals surface area contributed by atoms with Gasteiger partial charge in [0.05, 0.1) is 24.9 Å². The minimum atomic E-state index is -0.00595. The second-order valence-electron chi connectivity index (χ2n) is 5.12. The van der Waals surface area contributed by atoms with Gasteiger partial charge in [0, 0.05) is 12.8 Å². The second kappa shape index (κ2) is 4.78. The van der Waals surface area contributed by atoms with Crippen molar-refractivity contribution in [3.8, 4) is 0 Å². The number of likely N-dealkylation sites (tertiary alicyclic amines) is 1. The Kier molecular flexibility index (Phi) is 3.13. The van der Waals surface area contributed by atoms with E-state index in [0.29, 0.717) is 17.7 Å². The molecule has 3 heterocycles. The summed E-state index contributed by atoms with van der Waals surface area (Å²) >= 11 is 0. The summed E-state index contributed by atoms with van der Waals surface area (Å²) in [6, 6.07) is 0.607. The predicted molar refractivity (Wildman–Crippen MR) is 64.5 cm³/mol. The molecule has 6 heteroatoms. The first-order chi connectivity index (χ1) is 8.75. The molecule has 0 unspecified atom stereocenters. The van der Waals surface area contributed by atoms with Crippen LogP contribution < -0.4 is 0 Å². The van der Waals surface area contributed by atoms with Gasteiger partial charge in [0.2, 0.25) is 0 Å². The van der Waals surface area contributed by atoms with Gasteiger partial charge in [-0.1, -0.05) is 0 Å². The number of hydrogen-bond donors (Lipinski definition) is 1. The third kappa shape index (κ3) is 2.06. The van der Waals surface area contributed by atoms with Gasteiger partial charge in [-0.3, -0.25) is 9.69 Å². The van der Waals surface area contributed by atoms with Crippen LogP contribution in [0.25, 0.3) is 0 Å². The molecule has 0 amide bonds. The largest absolute Gasteiger partial charge is 0.378 e. The molecule has 18 heavy (non-hydrogen) atoms. The number of ketones is 1. The van der Waals surface area contributed by atoms with Gasteiger partial charge in [0.1, 0.15) is 0 Å². The number of hydrogen-bond acceptors (Lipinski definition) is 5. The van der Waals surface area contributed by atoms with Crippen molar-refractivity contribution in [1.29, 1.82) is 0 Å². The Labute approximate surface area is 106 Å². The molecule has 3 rings (SSSR count). The van der Waals surface area contributed by atoms with Gasteiger partial charge >= 0.3 is 0 Å². The maximum atomic E-state index is 11.4. The number of carbonyl (C=O) groups excluding carboxylic acids is 1. The fourth-order valence-electron chi connectivity index (χ4n) is 2.75. The average molecular weight is 250 g/mol. The summed E-state index contributed by atoms with van der Waals surface area (Å²) in [5.74, 6) is 0.355. The summed E-state index contributed by atoms with van der Waals surface area (Å²) in [7, 11) is 0. The van der Waals surface area contributed by atoms with Crippen molar-refractivity contribution in [2.24, 2.45) is 0 Å². The van der Waals surface area contributed by atoms with Gasteiger partial charge in [0.25, 0.3) is 0 Å². The number of nitrogens with one attached hydrogen (secondary N) is 1. The molecular weight excluding hydrogens is 232 g/mol. The van der Waals surface area contributed by atoms with Crippen molar-refractivity contribution >= 4 is 5.78 Å². The molecule has 0 aromatic carbocycles. The van der Waals surface area contributed by atoms with Crippen molar-refractivity contribution < 1.29 is 9.53 Å². The molecule has 0 saturated carbocycles. The number of ether oxygens (including phenoxy) is 1. The normalized spacial score (nSPS) is 22.9. The van der Waals surface area contributed by atoms with Crippen molar-refractivity contribution in [2.75, 3.05) is 26.3 Å². The molecule has 98 valence electrons. The molecule has 2 aliphatic rings. The minimum Gasteiger partial charge on any atom is -0.378 e. The number of aromatic amines is 1. The van der Waals surface area contributed by atoms with Crippen LogP contribution in [0, 0.1) is 0 Å². The number of H-pyrrole nitrogens is 1. The highest BCUT2D eigenvalue weighted by Gasteiger charge is 2.32. The van der Waals surface area contributed by atoms with Crippen LogP contribution in [0.15, 0.2) is 0 Å². The van der Waals surface area contributed by atoms with Crippen LogP contribution in [0.1, 0.15) is 41.9 Å². The summed E-state index contributed by atoms with van der Waals surface area (Å²) in [6.07, 6.45) is 2.09. The number of piperidine rings is 1. The lowest BCUT2D eigenvalue weighted by Crippen LogP contribution is -2.51. The zero-order chi connectivity index (χ0) is 12.5. The number of aromatic nitrogens is 3. The highest BCUT2D eigenvalue weighted by atomic mass is 16.5. The van der Waals surface area contributed by atoms with Gasteiger partial charge in [-0.2, -0.15) is 15.4 Å². The molecule has 0 atom stereocenters. The van der Waals surface area contributed by atoms with Crippen LogP contribution in [0.4, 0.5) is 0 Å². The zero-order valence-corrected chi connectivity index (χ0v) is 10.6. The Hall–Kier alpha value is -1.27. The number of Topliss-reactive ketones (excluding diaryl/α,β-unsaturated/α-hetero) is 1. The smallest absolute Gasteiger partial charge is 0.181 e. The Morgan fingerprint density at radius 2 is 2.06 bits per heavy atom. The first-order valence-corrected chi connectivity index (χ1v) is 6.49. The molecule has 0 spiro atoms. The first kappa shape index (κ1) is 11.8. The van der Waals surface area contributed by atoms with E-state index in [1.165, 1.54) is 0 Å². The third-order valence-corrected chi connectivity index (χ3v) is 3.96. The molecule has 2 saturated heterocycles. The van der Waals surface area contributed by atoms with E-state index in [0.717, 1.165) is 44.8 Å². The molecule has 2 fully saturated rings. The molecule has 6 nitrogen and oxygen atoms in total. The van der Waals surface area contributed by atoms with Crippen LogP contribution in [0.5, 0.6) is 0 Å². The van der Waals surface area contributed by atoms with Crippen LogP contribution in [-0.2, 0) is 4.74 Å². The van der Waals surface area contributed by atoms with Crippen LogP contribution >= 0.6 is 0 Å². The molecular formula is C12H18N4O2. The van der Waals surface area contributed by atoms with Gasteiger partial charge in [-0.05, 0) is 25.9 Å². The second-order valence-corrected chi connectivity index (χ2v) is 5.12. The summed E-state index contributed by atoms with van der Waals surface area (Å²) < 4.78 is 5.22. The Balaban J connectivity index is 1.64. The van der Waals surface area contributed by atoms with Gasteiger partial charge in [0.15, 0.2) is 11.5 Å². The fourth-order valence-corrected chi connectivity index (χ4v) is 2.75.